The minimum absolute atomic E-state index is 0.588. The predicted molar refractivity (Wildman–Crippen MR) is 75.2 cm³/mol. The van der Waals surface area contributed by atoms with E-state index in [0.717, 1.165) is 11.3 Å². The van der Waals surface area contributed by atoms with Crippen molar-refractivity contribution < 1.29 is 0 Å². The first kappa shape index (κ1) is 12.4. The highest BCUT2D eigenvalue weighted by atomic mass is 35.5. The largest absolute Gasteiger partial charge is 0.256 e. The third kappa shape index (κ3) is 3.74. The number of hydrogen-bond acceptors (Lipinski definition) is 1. The lowest BCUT2D eigenvalue weighted by Gasteiger charge is -1.97. The third-order valence-corrected chi connectivity index (χ3v) is 2.73. The molecule has 2 aromatic carbocycles. The van der Waals surface area contributed by atoms with Crippen molar-refractivity contribution in [3.8, 4) is 0 Å². The Morgan fingerprint density at radius 2 is 1.53 bits per heavy atom. The Morgan fingerprint density at radius 1 is 0.824 bits per heavy atom. The first-order chi connectivity index (χ1) is 8.13. The van der Waals surface area contributed by atoms with Crippen LogP contribution in [-0.2, 0) is 0 Å². The molecular weight excluding hydrogens is 277 g/mol. The van der Waals surface area contributed by atoms with E-state index in [9.17, 15) is 0 Å². The zero-order valence-electron chi connectivity index (χ0n) is 8.70. The maximum atomic E-state index is 5.89. The molecule has 0 aliphatic rings. The number of benzene rings is 2. The fourth-order valence-electron chi connectivity index (χ4n) is 1.36. The van der Waals surface area contributed by atoms with Crippen molar-refractivity contribution in [1.29, 1.82) is 0 Å². The normalized spacial score (nSPS) is 11.0. The van der Waals surface area contributed by atoms with Crippen LogP contribution in [0.2, 0.25) is 15.1 Å². The lowest BCUT2D eigenvalue weighted by molar-refractivity contribution is 1.52. The molecule has 0 aliphatic carbocycles. The Balaban J connectivity index is 2.25. The summed E-state index contributed by atoms with van der Waals surface area (Å²) >= 11 is 17.6. The minimum atomic E-state index is 0.588. The lowest BCUT2D eigenvalue weighted by Crippen LogP contribution is -1.80. The molecule has 0 N–H and O–H groups in total. The van der Waals surface area contributed by atoms with Crippen LogP contribution in [0.25, 0.3) is 0 Å². The smallest absolute Gasteiger partial charge is 0.0644 e. The first-order valence-electron chi connectivity index (χ1n) is 4.89. The van der Waals surface area contributed by atoms with Crippen LogP contribution in [0.5, 0.6) is 0 Å². The van der Waals surface area contributed by atoms with Crippen molar-refractivity contribution in [2.24, 2.45) is 4.99 Å². The summed E-state index contributed by atoms with van der Waals surface area (Å²) in [6, 6.07) is 12.6. The summed E-state index contributed by atoms with van der Waals surface area (Å²) in [7, 11) is 0. The van der Waals surface area contributed by atoms with Gasteiger partial charge in [-0.05, 0) is 42.0 Å². The molecule has 0 heterocycles. The SMILES string of the molecule is Clc1cc(Cl)cc(/C=N/c2cccc(Cl)c2)c1. The van der Waals surface area contributed by atoms with E-state index >= 15 is 0 Å². The molecular formula is C13H8Cl3N. The quantitative estimate of drug-likeness (QED) is 0.655. The molecule has 0 radical (unpaired) electrons. The van der Waals surface area contributed by atoms with Gasteiger partial charge in [0.25, 0.3) is 0 Å². The van der Waals surface area contributed by atoms with Gasteiger partial charge in [-0.25, -0.2) is 0 Å². The van der Waals surface area contributed by atoms with Crippen LogP contribution in [0, 0.1) is 0 Å². The van der Waals surface area contributed by atoms with E-state index in [2.05, 4.69) is 4.99 Å². The number of aliphatic imine (C=N–C) groups is 1. The van der Waals surface area contributed by atoms with Crippen LogP contribution in [0.3, 0.4) is 0 Å². The average Bonchev–Trinajstić information content (AvgIpc) is 2.25. The van der Waals surface area contributed by atoms with Crippen LogP contribution in [0.4, 0.5) is 5.69 Å². The summed E-state index contributed by atoms with van der Waals surface area (Å²) in [6.07, 6.45) is 1.70. The van der Waals surface area contributed by atoms with Crippen LogP contribution in [-0.4, -0.2) is 6.21 Å². The molecule has 0 saturated carbocycles. The van der Waals surface area contributed by atoms with Crippen molar-refractivity contribution in [3.63, 3.8) is 0 Å². The molecule has 0 spiro atoms. The van der Waals surface area contributed by atoms with Crippen molar-refractivity contribution in [1.82, 2.24) is 0 Å². The van der Waals surface area contributed by atoms with Crippen LogP contribution < -0.4 is 0 Å². The Bertz CT molecular complexity index is 544. The molecule has 0 amide bonds. The van der Waals surface area contributed by atoms with Gasteiger partial charge >= 0.3 is 0 Å². The average molecular weight is 285 g/mol. The van der Waals surface area contributed by atoms with Gasteiger partial charge in [-0.15, -0.1) is 0 Å². The number of halogens is 3. The maximum absolute atomic E-state index is 5.89. The van der Waals surface area contributed by atoms with Gasteiger partial charge in [0, 0.05) is 21.3 Å². The molecule has 0 atom stereocenters. The van der Waals surface area contributed by atoms with Gasteiger partial charge in [0.2, 0.25) is 0 Å². The molecule has 86 valence electrons. The molecule has 0 aliphatic heterocycles. The molecule has 0 unspecified atom stereocenters. The molecule has 0 saturated heterocycles. The molecule has 4 heteroatoms. The topological polar surface area (TPSA) is 12.4 Å². The van der Waals surface area contributed by atoms with E-state index in [0.29, 0.717) is 15.1 Å². The molecule has 2 aromatic rings. The fraction of sp³-hybridized carbons (Fsp3) is 0. The van der Waals surface area contributed by atoms with Gasteiger partial charge in [-0.3, -0.25) is 4.99 Å². The van der Waals surface area contributed by atoms with E-state index in [1.54, 1.807) is 36.5 Å². The van der Waals surface area contributed by atoms with Crippen molar-refractivity contribution in [2.75, 3.05) is 0 Å². The third-order valence-electron chi connectivity index (χ3n) is 2.06. The summed E-state index contributed by atoms with van der Waals surface area (Å²) in [4.78, 5) is 4.29. The molecule has 1 nitrogen and oxygen atoms in total. The summed E-state index contributed by atoms with van der Waals surface area (Å²) < 4.78 is 0. The van der Waals surface area contributed by atoms with Gasteiger partial charge in [0.05, 0.1) is 5.69 Å². The van der Waals surface area contributed by atoms with E-state index in [-0.39, 0.29) is 0 Å². The van der Waals surface area contributed by atoms with Crippen molar-refractivity contribution >= 4 is 46.7 Å². The van der Waals surface area contributed by atoms with E-state index in [4.69, 9.17) is 34.8 Å². The second-order valence-electron chi connectivity index (χ2n) is 3.44. The van der Waals surface area contributed by atoms with Gasteiger partial charge < -0.3 is 0 Å². The Morgan fingerprint density at radius 3 is 2.18 bits per heavy atom. The number of nitrogens with zero attached hydrogens (tertiary/aromatic N) is 1. The summed E-state index contributed by atoms with van der Waals surface area (Å²) in [5.41, 5.74) is 1.64. The van der Waals surface area contributed by atoms with Crippen LogP contribution in [0.15, 0.2) is 47.5 Å². The van der Waals surface area contributed by atoms with Crippen molar-refractivity contribution in [2.45, 2.75) is 0 Å². The van der Waals surface area contributed by atoms with Gasteiger partial charge in [-0.1, -0.05) is 40.9 Å². The van der Waals surface area contributed by atoms with Crippen molar-refractivity contribution in [3.05, 3.63) is 63.1 Å². The summed E-state index contributed by atoms with van der Waals surface area (Å²) in [5.74, 6) is 0. The number of hydrogen-bond donors (Lipinski definition) is 0. The Labute approximate surface area is 115 Å². The summed E-state index contributed by atoms with van der Waals surface area (Å²) in [5, 5.41) is 1.83. The molecule has 0 aromatic heterocycles. The highest BCUT2D eigenvalue weighted by molar-refractivity contribution is 6.35. The standard InChI is InChI=1S/C13H8Cl3N/c14-10-2-1-3-13(7-10)17-8-9-4-11(15)6-12(16)5-9/h1-8H/b17-8+. The van der Waals surface area contributed by atoms with E-state index in [1.807, 2.05) is 12.1 Å². The molecule has 0 bridgehead atoms. The van der Waals surface area contributed by atoms with Gasteiger partial charge in [0.15, 0.2) is 0 Å². The maximum Gasteiger partial charge on any atom is 0.0644 e. The van der Waals surface area contributed by atoms with Gasteiger partial charge in [0.1, 0.15) is 0 Å². The highest BCUT2D eigenvalue weighted by Gasteiger charge is 1.96. The lowest BCUT2D eigenvalue weighted by atomic mass is 10.2. The fourth-order valence-corrected chi connectivity index (χ4v) is 2.08. The monoisotopic (exact) mass is 283 g/mol. The molecule has 2 rings (SSSR count). The second-order valence-corrected chi connectivity index (χ2v) is 4.75. The number of rotatable bonds is 2. The zero-order valence-corrected chi connectivity index (χ0v) is 11.0. The summed E-state index contributed by atoms with van der Waals surface area (Å²) in [6.45, 7) is 0. The molecule has 17 heavy (non-hydrogen) atoms. The predicted octanol–water partition coefficient (Wildman–Crippen LogP) is 5.40. The highest BCUT2D eigenvalue weighted by Crippen LogP contribution is 2.20. The van der Waals surface area contributed by atoms with Crippen LogP contribution >= 0.6 is 34.8 Å². The minimum Gasteiger partial charge on any atom is -0.256 e. The molecule has 0 fully saturated rings. The second kappa shape index (κ2) is 5.54. The Kier molecular flexibility index (Phi) is 4.06. The first-order valence-corrected chi connectivity index (χ1v) is 6.02. The zero-order chi connectivity index (χ0) is 12.3. The Hall–Kier alpha value is -1.02. The van der Waals surface area contributed by atoms with E-state index < -0.39 is 0 Å². The van der Waals surface area contributed by atoms with E-state index in [1.165, 1.54) is 0 Å². The van der Waals surface area contributed by atoms with Crippen LogP contribution in [0.1, 0.15) is 5.56 Å². The van der Waals surface area contributed by atoms with Gasteiger partial charge in [-0.2, -0.15) is 0 Å².